The van der Waals surface area contributed by atoms with Crippen LogP contribution in [0.3, 0.4) is 0 Å². The van der Waals surface area contributed by atoms with Crippen molar-refractivity contribution in [3.05, 3.63) is 41.6 Å². The van der Waals surface area contributed by atoms with Crippen molar-refractivity contribution in [2.24, 2.45) is 11.8 Å². The van der Waals surface area contributed by atoms with Crippen molar-refractivity contribution in [1.82, 2.24) is 9.88 Å². The molecule has 2 atom stereocenters. The number of piperidine rings is 1. The molecule has 2 aliphatic rings. The first-order valence-corrected chi connectivity index (χ1v) is 9.24. The first kappa shape index (κ1) is 15.6. The average Bonchev–Trinajstić information content (AvgIpc) is 3.39. The van der Waals surface area contributed by atoms with Gasteiger partial charge in [0.25, 0.3) is 0 Å². The lowest BCUT2D eigenvalue weighted by atomic mass is 9.83. The molecule has 3 nitrogen and oxygen atoms in total. The molecule has 2 aromatic rings. The zero-order valence-electron chi connectivity index (χ0n) is 14.7. The molecule has 2 heterocycles. The maximum atomic E-state index is 12.6. The van der Waals surface area contributed by atoms with Crippen LogP contribution in [-0.2, 0) is 4.79 Å². The van der Waals surface area contributed by atoms with Gasteiger partial charge in [-0.25, -0.2) is 0 Å². The molecule has 0 bridgehead atoms. The Morgan fingerprint density at radius 2 is 2.08 bits per heavy atom. The number of hydrogen-bond donors (Lipinski definition) is 0. The van der Waals surface area contributed by atoms with Crippen molar-refractivity contribution in [2.45, 2.75) is 45.4 Å². The van der Waals surface area contributed by atoms with Crippen LogP contribution in [0.25, 0.3) is 10.9 Å². The second kappa shape index (κ2) is 6.19. The third-order valence-electron chi connectivity index (χ3n) is 5.62. The number of benzene rings is 1. The molecule has 2 fully saturated rings. The van der Waals surface area contributed by atoms with Crippen LogP contribution in [0.4, 0.5) is 0 Å². The first-order valence-electron chi connectivity index (χ1n) is 9.24. The molecule has 0 N–H and O–H groups in total. The van der Waals surface area contributed by atoms with Gasteiger partial charge in [-0.15, -0.1) is 0 Å². The van der Waals surface area contributed by atoms with Gasteiger partial charge in [-0.2, -0.15) is 0 Å². The number of rotatable bonds is 3. The van der Waals surface area contributed by atoms with Crippen LogP contribution in [0, 0.1) is 18.8 Å². The zero-order chi connectivity index (χ0) is 16.7. The van der Waals surface area contributed by atoms with E-state index < -0.39 is 0 Å². The number of carbonyl (C=O) groups is 1. The summed E-state index contributed by atoms with van der Waals surface area (Å²) in [6.45, 7) is 6.18. The van der Waals surface area contributed by atoms with E-state index in [-0.39, 0.29) is 0 Å². The maximum absolute atomic E-state index is 12.6. The molecule has 1 aliphatic carbocycles. The van der Waals surface area contributed by atoms with Crippen LogP contribution < -0.4 is 0 Å². The number of carbonyl (C=O) groups excluding carboxylic acids is 1. The highest BCUT2D eigenvalue weighted by Crippen LogP contribution is 2.37. The molecule has 4 rings (SSSR count). The van der Waals surface area contributed by atoms with E-state index in [4.69, 9.17) is 0 Å². The Morgan fingerprint density at radius 3 is 2.88 bits per heavy atom. The molecule has 0 spiro atoms. The predicted molar refractivity (Wildman–Crippen MR) is 96.9 cm³/mol. The lowest BCUT2D eigenvalue weighted by molar-refractivity contribution is -0.133. The number of aromatic nitrogens is 1. The summed E-state index contributed by atoms with van der Waals surface area (Å²) in [6, 6.07) is 8.64. The molecule has 126 valence electrons. The minimum atomic E-state index is 0.364. The Bertz CT molecular complexity index is 766. The number of aryl methyl sites for hydroxylation is 1. The topological polar surface area (TPSA) is 33.2 Å². The Hall–Kier alpha value is -1.90. The van der Waals surface area contributed by atoms with E-state index in [1.165, 1.54) is 29.4 Å². The van der Waals surface area contributed by atoms with E-state index in [1.54, 1.807) is 0 Å². The van der Waals surface area contributed by atoms with Crippen LogP contribution in [0.2, 0.25) is 0 Å². The SMILES string of the molecule is Cc1ccc(C2CC(C)CN(C(=O)CC3CC3)C2)c2cccnc12. The highest BCUT2D eigenvalue weighted by Gasteiger charge is 2.32. The minimum absolute atomic E-state index is 0.364. The van der Waals surface area contributed by atoms with Gasteiger partial charge in [0.2, 0.25) is 5.91 Å². The molecular weight excluding hydrogens is 296 g/mol. The number of likely N-dealkylation sites (tertiary alicyclic amines) is 1. The fourth-order valence-corrected chi connectivity index (χ4v) is 4.17. The van der Waals surface area contributed by atoms with Gasteiger partial charge in [0, 0.05) is 37.0 Å². The fraction of sp³-hybridized carbons (Fsp3) is 0.524. The predicted octanol–water partition coefficient (Wildman–Crippen LogP) is 4.30. The molecule has 1 aromatic heterocycles. The third kappa shape index (κ3) is 3.04. The van der Waals surface area contributed by atoms with Crippen LogP contribution >= 0.6 is 0 Å². The number of amides is 1. The molecule has 24 heavy (non-hydrogen) atoms. The van der Waals surface area contributed by atoms with E-state index in [9.17, 15) is 4.79 Å². The molecule has 0 radical (unpaired) electrons. The highest BCUT2D eigenvalue weighted by atomic mass is 16.2. The minimum Gasteiger partial charge on any atom is -0.342 e. The van der Waals surface area contributed by atoms with E-state index in [0.717, 1.165) is 31.4 Å². The molecule has 3 heteroatoms. The number of fused-ring (bicyclic) bond motifs is 1. The standard InChI is InChI=1S/C21H26N2O/c1-14-10-17(13-23(12-14)20(24)11-16-6-7-16)18-8-5-15(2)21-19(18)4-3-9-22-21/h3-5,8-9,14,16-17H,6-7,10-13H2,1-2H3. The van der Waals surface area contributed by atoms with Crippen molar-refractivity contribution in [3.63, 3.8) is 0 Å². The van der Waals surface area contributed by atoms with Gasteiger partial charge in [-0.3, -0.25) is 9.78 Å². The molecule has 1 aromatic carbocycles. The zero-order valence-corrected chi connectivity index (χ0v) is 14.7. The van der Waals surface area contributed by atoms with Crippen molar-refractivity contribution >= 4 is 16.8 Å². The smallest absolute Gasteiger partial charge is 0.222 e. The Balaban J connectivity index is 1.63. The maximum Gasteiger partial charge on any atom is 0.222 e. The van der Waals surface area contributed by atoms with Crippen LogP contribution in [0.5, 0.6) is 0 Å². The second-order valence-corrected chi connectivity index (χ2v) is 7.86. The fourth-order valence-electron chi connectivity index (χ4n) is 4.17. The first-order chi connectivity index (χ1) is 11.6. The van der Waals surface area contributed by atoms with Gasteiger partial charge < -0.3 is 4.90 Å². The lowest BCUT2D eigenvalue weighted by Crippen LogP contribution is -2.42. The number of hydrogen-bond acceptors (Lipinski definition) is 2. The van der Waals surface area contributed by atoms with Gasteiger partial charge in [0.05, 0.1) is 5.52 Å². The van der Waals surface area contributed by atoms with Gasteiger partial charge >= 0.3 is 0 Å². The third-order valence-corrected chi connectivity index (χ3v) is 5.62. The summed E-state index contributed by atoms with van der Waals surface area (Å²) in [7, 11) is 0. The second-order valence-electron chi connectivity index (χ2n) is 7.86. The van der Waals surface area contributed by atoms with Gasteiger partial charge in [0.1, 0.15) is 0 Å². The highest BCUT2D eigenvalue weighted by molar-refractivity contribution is 5.85. The molecule has 1 aliphatic heterocycles. The summed E-state index contributed by atoms with van der Waals surface area (Å²) in [6.07, 6.45) is 6.27. The molecule has 1 saturated heterocycles. The Morgan fingerprint density at radius 1 is 1.25 bits per heavy atom. The molecule has 2 unspecified atom stereocenters. The number of pyridine rings is 1. The summed E-state index contributed by atoms with van der Waals surface area (Å²) in [5.74, 6) is 2.00. The van der Waals surface area contributed by atoms with Crippen molar-refractivity contribution in [1.29, 1.82) is 0 Å². The Labute approximate surface area is 144 Å². The summed E-state index contributed by atoms with van der Waals surface area (Å²) in [4.78, 5) is 19.3. The van der Waals surface area contributed by atoms with E-state index in [0.29, 0.717) is 23.7 Å². The summed E-state index contributed by atoms with van der Waals surface area (Å²) < 4.78 is 0. The summed E-state index contributed by atoms with van der Waals surface area (Å²) in [5, 5.41) is 1.26. The molecule has 1 amide bonds. The van der Waals surface area contributed by atoms with Crippen molar-refractivity contribution in [2.75, 3.05) is 13.1 Å². The van der Waals surface area contributed by atoms with Gasteiger partial charge in [-0.1, -0.05) is 25.1 Å². The van der Waals surface area contributed by atoms with Crippen molar-refractivity contribution in [3.8, 4) is 0 Å². The van der Waals surface area contributed by atoms with Crippen LogP contribution in [0.15, 0.2) is 30.5 Å². The van der Waals surface area contributed by atoms with E-state index >= 15 is 0 Å². The molecular formula is C21H26N2O. The van der Waals surface area contributed by atoms with E-state index in [1.807, 2.05) is 12.3 Å². The summed E-state index contributed by atoms with van der Waals surface area (Å²) in [5.41, 5.74) is 3.68. The molecule has 1 saturated carbocycles. The van der Waals surface area contributed by atoms with Gasteiger partial charge in [0.15, 0.2) is 0 Å². The largest absolute Gasteiger partial charge is 0.342 e. The van der Waals surface area contributed by atoms with Gasteiger partial charge in [-0.05, 0) is 55.2 Å². The normalized spacial score (nSPS) is 24.3. The average molecular weight is 322 g/mol. The summed E-state index contributed by atoms with van der Waals surface area (Å²) >= 11 is 0. The Kier molecular flexibility index (Phi) is 4.03. The monoisotopic (exact) mass is 322 g/mol. The van der Waals surface area contributed by atoms with Crippen molar-refractivity contribution < 1.29 is 4.79 Å². The quantitative estimate of drug-likeness (QED) is 0.844. The van der Waals surface area contributed by atoms with Crippen LogP contribution in [0.1, 0.15) is 49.7 Å². The number of nitrogens with zero attached hydrogens (tertiary/aromatic N) is 2. The lowest BCUT2D eigenvalue weighted by Gasteiger charge is -2.37. The van der Waals surface area contributed by atoms with E-state index in [2.05, 4.69) is 41.9 Å². The van der Waals surface area contributed by atoms with Crippen LogP contribution in [-0.4, -0.2) is 28.9 Å².